The van der Waals surface area contributed by atoms with Gasteiger partial charge in [0.2, 0.25) is 0 Å². The molecule has 17 heavy (non-hydrogen) atoms. The Morgan fingerprint density at radius 1 is 1.24 bits per heavy atom. The van der Waals surface area contributed by atoms with Crippen molar-refractivity contribution in [2.45, 2.75) is 76.9 Å². The van der Waals surface area contributed by atoms with Crippen molar-refractivity contribution in [2.75, 3.05) is 7.11 Å². The van der Waals surface area contributed by atoms with Crippen molar-refractivity contribution < 1.29 is 4.74 Å². The third-order valence-corrected chi connectivity index (χ3v) is 4.12. The number of nitrogens with two attached hydrogens (primary N) is 1. The molecule has 1 aliphatic rings. The minimum atomic E-state index is 0.303. The molecular weight excluding hydrogens is 212 g/mol. The number of hydrazine groups is 1. The molecule has 3 N–H and O–H groups in total. The predicted octanol–water partition coefficient (Wildman–Crippen LogP) is 2.99. The van der Waals surface area contributed by atoms with Gasteiger partial charge < -0.3 is 4.74 Å². The molecule has 0 aliphatic heterocycles. The van der Waals surface area contributed by atoms with E-state index >= 15 is 0 Å². The maximum atomic E-state index is 5.73. The Bertz CT molecular complexity index is 181. The largest absolute Gasteiger partial charge is 0.379 e. The van der Waals surface area contributed by atoms with Crippen LogP contribution in [0.4, 0.5) is 0 Å². The fourth-order valence-electron chi connectivity index (χ4n) is 3.10. The molecule has 2 unspecified atom stereocenters. The minimum Gasteiger partial charge on any atom is -0.379 e. The average molecular weight is 242 g/mol. The Morgan fingerprint density at radius 2 is 1.94 bits per heavy atom. The molecule has 3 heteroatoms. The van der Waals surface area contributed by atoms with Gasteiger partial charge >= 0.3 is 0 Å². The van der Waals surface area contributed by atoms with Gasteiger partial charge in [0.15, 0.2) is 0 Å². The van der Waals surface area contributed by atoms with E-state index in [0.29, 0.717) is 18.1 Å². The molecule has 1 saturated carbocycles. The Morgan fingerprint density at radius 3 is 2.47 bits per heavy atom. The summed E-state index contributed by atoms with van der Waals surface area (Å²) >= 11 is 0. The number of methoxy groups -OCH3 is 1. The fraction of sp³-hybridized carbons (Fsp3) is 1.00. The minimum absolute atomic E-state index is 0.303. The Hall–Kier alpha value is -0.120. The summed E-state index contributed by atoms with van der Waals surface area (Å²) < 4.78 is 5.73. The molecule has 1 fully saturated rings. The van der Waals surface area contributed by atoms with Gasteiger partial charge in [0.25, 0.3) is 0 Å². The summed E-state index contributed by atoms with van der Waals surface area (Å²) in [5.41, 5.74) is 2.98. The highest BCUT2D eigenvalue weighted by Crippen LogP contribution is 2.30. The van der Waals surface area contributed by atoms with Crippen LogP contribution in [0.5, 0.6) is 0 Å². The van der Waals surface area contributed by atoms with E-state index in [1.165, 1.54) is 51.4 Å². The molecule has 0 heterocycles. The molecule has 0 aromatic heterocycles. The van der Waals surface area contributed by atoms with Crippen LogP contribution in [0.1, 0.15) is 64.7 Å². The number of unbranched alkanes of at least 4 members (excludes halogenated alkanes) is 2. The van der Waals surface area contributed by atoms with Crippen LogP contribution in [0, 0.1) is 5.92 Å². The number of rotatable bonds is 8. The lowest BCUT2D eigenvalue weighted by atomic mass is 9.81. The van der Waals surface area contributed by atoms with Gasteiger partial charge in [-0.2, -0.15) is 0 Å². The zero-order chi connectivity index (χ0) is 12.5. The molecule has 0 amide bonds. The number of hydrogen-bond donors (Lipinski definition) is 2. The summed E-state index contributed by atoms with van der Waals surface area (Å²) in [5.74, 6) is 6.41. The van der Waals surface area contributed by atoms with Crippen LogP contribution in [0.2, 0.25) is 0 Å². The summed E-state index contributed by atoms with van der Waals surface area (Å²) in [7, 11) is 1.84. The van der Waals surface area contributed by atoms with Gasteiger partial charge in [0.1, 0.15) is 0 Å². The van der Waals surface area contributed by atoms with Crippen molar-refractivity contribution in [2.24, 2.45) is 11.8 Å². The summed E-state index contributed by atoms with van der Waals surface area (Å²) in [6.45, 7) is 2.24. The predicted molar refractivity (Wildman–Crippen MR) is 72.6 cm³/mol. The first-order valence-electron chi connectivity index (χ1n) is 7.32. The monoisotopic (exact) mass is 242 g/mol. The van der Waals surface area contributed by atoms with E-state index in [0.717, 1.165) is 6.42 Å². The van der Waals surface area contributed by atoms with Crippen molar-refractivity contribution in [3.63, 3.8) is 0 Å². The molecule has 0 bridgehead atoms. The number of nitrogens with one attached hydrogen (secondary N) is 1. The third kappa shape index (κ3) is 4.94. The normalized spacial score (nSPS) is 21.4. The maximum absolute atomic E-state index is 5.73. The summed E-state index contributed by atoms with van der Waals surface area (Å²) in [5, 5.41) is 0. The van der Waals surface area contributed by atoms with E-state index < -0.39 is 0 Å². The van der Waals surface area contributed by atoms with Crippen LogP contribution in [0.3, 0.4) is 0 Å². The second-order valence-electron chi connectivity index (χ2n) is 5.37. The maximum Gasteiger partial charge on any atom is 0.0765 e. The molecule has 0 radical (unpaired) electrons. The van der Waals surface area contributed by atoms with Crippen molar-refractivity contribution in [3.8, 4) is 0 Å². The third-order valence-electron chi connectivity index (χ3n) is 4.12. The van der Waals surface area contributed by atoms with Gasteiger partial charge in [-0.25, -0.2) is 0 Å². The van der Waals surface area contributed by atoms with Crippen LogP contribution in [-0.2, 0) is 4.74 Å². The van der Waals surface area contributed by atoms with E-state index in [9.17, 15) is 0 Å². The molecule has 0 aromatic carbocycles. The Kier molecular flexibility index (Phi) is 7.82. The van der Waals surface area contributed by atoms with Crippen LogP contribution in [-0.4, -0.2) is 19.3 Å². The second-order valence-corrected chi connectivity index (χ2v) is 5.37. The molecule has 3 nitrogen and oxygen atoms in total. The topological polar surface area (TPSA) is 47.3 Å². The average Bonchev–Trinajstić information content (AvgIpc) is 2.39. The standard InChI is InChI=1S/C14H30N2O/c1-3-4-6-11-13(16-15)14(17-2)12-9-7-5-8-10-12/h12-14,16H,3-11,15H2,1-2H3. The highest BCUT2D eigenvalue weighted by atomic mass is 16.5. The van der Waals surface area contributed by atoms with E-state index in [1.54, 1.807) is 0 Å². The zero-order valence-electron chi connectivity index (χ0n) is 11.6. The molecule has 0 saturated heterocycles. The summed E-state index contributed by atoms with van der Waals surface area (Å²) in [6, 6.07) is 0.328. The van der Waals surface area contributed by atoms with Crippen molar-refractivity contribution in [1.82, 2.24) is 5.43 Å². The number of hydrogen-bond acceptors (Lipinski definition) is 3. The molecule has 1 rings (SSSR count). The van der Waals surface area contributed by atoms with Gasteiger partial charge in [-0.15, -0.1) is 0 Å². The first-order chi connectivity index (χ1) is 8.33. The van der Waals surface area contributed by atoms with Crippen LogP contribution in [0.15, 0.2) is 0 Å². The van der Waals surface area contributed by atoms with Crippen LogP contribution < -0.4 is 11.3 Å². The van der Waals surface area contributed by atoms with E-state index in [-0.39, 0.29) is 0 Å². The van der Waals surface area contributed by atoms with Gasteiger partial charge in [-0.3, -0.25) is 11.3 Å². The van der Waals surface area contributed by atoms with Crippen LogP contribution in [0.25, 0.3) is 0 Å². The van der Waals surface area contributed by atoms with E-state index in [1.807, 2.05) is 7.11 Å². The highest BCUT2D eigenvalue weighted by molar-refractivity contribution is 4.83. The molecule has 102 valence electrons. The van der Waals surface area contributed by atoms with Crippen molar-refractivity contribution >= 4 is 0 Å². The van der Waals surface area contributed by atoms with Crippen LogP contribution >= 0.6 is 0 Å². The summed E-state index contributed by atoms with van der Waals surface area (Å²) in [6.07, 6.45) is 12.0. The van der Waals surface area contributed by atoms with Gasteiger partial charge in [0.05, 0.1) is 6.10 Å². The lowest BCUT2D eigenvalue weighted by molar-refractivity contribution is 0.00548. The smallest absolute Gasteiger partial charge is 0.0765 e. The molecule has 0 aromatic rings. The molecular formula is C14H30N2O. The fourth-order valence-corrected chi connectivity index (χ4v) is 3.10. The molecule has 1 aliphatic carbocycles. The lowest BCUT2D eigenvalue weighted by Crippen LogP contribution is -2.48. The first kappa shape index (κ1) is 14.9. The van der Waals surface area contributed by atoms with Gasteiger partial charge in [-0.1, -0.05) is 45.4 Å². The Balaban J connectivity index is 2.43. The second kappa shape index (κ2) is 8.90. The summed E-state index contributed by atoms with van der Waals surface area (Å²) in [4.78, 5) is 0. The molecule has 2 atom stereocenters. The first-order valence-corrected chi connectivity index (χ1v) is 7.32. The van der Waals surface area contributed by atoms with Crippen molar-refractivity contribution in [1.29, 1.82) is 0 Å². The van der Waals surface area contributed by atoms with E-state index in [4.69, 9.17) is 10.6 Å². The SMILES string of the molecule is CCCCCC(NN)C(OC)C1CCCCC1. The van der Waals surface area contributed by atoms with Crippen molar-refractivity contribution in [3.05, 3.63) is 0 Å². The zero-order valence-corrected chi connectivity index (χ0v) is 11.6. The van der Waals surface area contributed by atoms with Gasteiger partial charge in [-0.05, 0) is 25.2 Å². The van der Waals surface area contributed by atoms with Gasteiger partial charge in [0, 0.05) is 13.2 Å². The molecule has 0 spiro atoms. The highest BCUT2D eigenvalue weighted by Gasteiger charge is 2.29. The quantitative estimate of drug-likeness (QED) is 0.391. The Labute approximate surface area is 106 Å². The van der Waals surface area contributed by atoms with E-state index in [2.05, 4.69) is 12.3 Å². The number of ether oxygens (including phenoxy) is 1. The lowest BCUT2D eigenvalue weighted by Gasteiger charge is -2.34.